The molecular weight excluding hydrogens is 233 g/mol. The fourth-order valence-corrected chi connectivity index (χ4v) is 1.78. The van der Waals surface area contributed by atoms with Crippen LogP contribution in [0.3, 0.4) is 0 Å². The quantitative estimate of drug-likeness (QED) is 0.681. The number of hydrogen-bond acceptors (Lipinski definition) is 0. The first kappa shape index (κ1) is 11.1. The van der Waals surface area contributed by atoms with E-state index < -0.39 is 0 Å². The predicted octanol–water partition coefficient (Wildman–Crippen LogP) is 4.55. The van der Waals surface area contributed by atoms with Gasteiger partial charge in [0.2, 0.25) is 0 Å². The molecule has 13 heavy (non-hydrogen) atoms. The van der Waals surface area contributed by atoms with Crippen LogP contribution < -0.4 is 0 Å². The van der Waals surface area contributed by atoms with Crippen molar-refractivity contribution in [2.45, 2.75) is 12.8 Å². The van der Waals surface area contributed by atoms with E-state index in [0.717, 1.165) is 5.56 Å². The van der Waals surface area contributed by atoms with Gasteiger partial charge in [0.1, 0.15) is 0 Å². The second-order valence-corrected chi connectivity index (χ2v) is 3.81. The molecule has 0 heterocycles. The van der Waals surface area contributed by atoms with Crippen molar-refractivity contribution in [3.05, 3.63) is 32.8 Å². The maximum absolute atomic E-state index is 11.9. The summed E-state index contributed by atoms with van der Waals surface area (Å²) >= 11 is 17.5. The third kappa shape index (κ3) is 2.73. The summed E-state index contributed by atoms with van der Waals surface area (Å²) in [4.78, 5) is 0. The highest BCUT2D eigenvalue weighted by Crippen LogP contribution is 2.32. The van der Waals surface area contributed by atoms with Crippen LogP contribution in [0, 0.1) is 0 Å². The average Bonchev–Trinajstić information content (AvgIpc) is 2.12. The van der Waals surface area contributed by atoms with Crippen molar-refractivity contribution in [1.29, 1.82) is 0 Å². The van der Waals surface area contributed by atoms with Crippen LogP contribution in [0.1, 0.15) is 12.0 Å². The smallest absolute Gasteiger partial charge is 0.0897 e. The van der Waals surface area contributed by atoms with Gasteiger partial charge in [-0.15, -0.1) is 0 Å². The largest absolute Gasteiger partial charge is 0.251 e. The lowest BCUT2D eigenvalue weighted by atomic mass is 10.1. The van der Waals surface area contributed by atoms with Gasteiger partial charge in [0.05, 0.1) is 16.7 Å². The van der Waals surface area contributed by atoms with Crippen LogP contribution in [0.5, 0.6) is 0 Å². The minimum atomic E-state index is -0.376. The minimum Gasteiger partial charge on any atom is -0.251 e. The molecule has 0 bridgehead atoms. The predicted molar refractivity (Wildman–Crippen MR) is 55.8 cm³/mol. The lowest BCUT2D eigenvalue weighted by molar-refractivity contribution is 0.473. The fourth-order valence-electron chi connectivity index (χ4n) is 1.04. The minimum absolute atomic E-state index is 0.376. The van der Waals surface area contributed by atoms with Gasteiger partial charge in [0, 0.05) is 5.02 Å². The molecule has 0 nitrogen and oxygen atoms in total. The molecular formula is C9H8Cl3F. The van der Waals surface area contributed by atoms with Gasteiger partial charge in [-0.1, -0.05) is 34.8 Å². The van der Waals surface area contributed by atoms with Gasteiger partial charge >= 0.3 is 0 Å². The Kier molecular flexibility index (Phi) is 4.30. The molecule has 0 spiro atoms. The Labute approximate surface area is 91.6 Å². The highest BCUT2D eigenvalue weighted by atomic mass is 35.5. The highest BCUT2D eigenvalue weighted by Gasteiger charge is 2.08. The van der Waals surface area contributed by atoms with Gasteiger partial charge in [0.25, 0.3) is 0 Å². The zero-order valence-corrected chi connectivity index (χ0v) is 9.06. The number of halogens is 4. The number of alkyl halides is 1. The molecule has 0 amide bonds. The zero-order chi connectivity index (χ0) is 9.84. The topological polar surface area (TPSA) is 0 Å². The molecule has 0 aromatic heterocycles. The van der Waals surface area contributed by atoms with E-state index in [4.69, 9.17) is 34.8 Å². The standard InChI is InChI=1S/C9H8Cl3F/c10-7-3-4-8(11)9(12)6(7)2-1-5-13/h3-4H,1-2,5H2. The van der Waals surface area contributed by atoms with E-state index in [9.17, 15) is 4.39 Å². The van der Waals surface area contributed by atoms with Crippen LogP contribution in [0.15, 0.2) is 12.1 Å². The molecule has 0 radical (unpaired) electrons. The molecule has 0 aliphatic carbocycles. The van der Waals surface area contributed by atoms with Crippen LogP contribution in [0.4, 0.5) is 4.39 Å². The lowest BCUT2D eigenvalue weighted by Gasteiger charge is -2.06. The molecule has 1 aromatic rings. The second kappa shape index (κ2) is 5.04. The lowest BCUT2D eigenvalue weighted by Crippen LogP contribution is -1.90. The first-order valence-corrected chi connectivity index (χ1v) is 4.98. The molecule has 0 N–H and O–H groups in total. The van der Waals surface area contributed by atoms with Gasteiger partial charge in [0.15, 0.2) is 0 Å². The summed E-state index contributed by atoms with van der Waals surface area (Å²) in [6, 6.07) is 3.30. The van der Waals surface area contributed by atoms with E-state index in [1.165, 1.54) is 0 Å². The summed E-state index contributed by atoms with van der Waals surface area (Å²) in [7, 11) is 0. The van der Waals surface area contributed by atoms with Crippen LogP contribution in [0.25, 0.3) is 0 Å². The summed E-state index contributed by atoms with van der Waals surface area (Å²) in [5.41, 5.74) is 0.730. The maximum atomic E-state index is 11.9. The third-order valence-corrected chi connectivity index (χ3v) is 2.90. The molecule has 0 saturated heterocycles. The summed E-state index contributed by atoms with van der Waals surface area (Å²) in [6.45, 7) is -0.376. The summed E-state index contributed by atoms with van der Waals surface area (Å²) in [5, 5.41) is 1.44. The normalized spacial score (nSPS) is 10.5. The number of hydrogen-bond donors (Lipinski definition) is 0. The second-order valence-electron chi connectivity index (χ2n) is 2.61. The van der Waals surface area contributed by atoms with E-state index in [1.807, 2.05) is 0 Å². The molecule has 0 atom stereocenters. The first-order chi connectivity index (χ1) is 6.16. The van der Waals surface area contributed by atoms with Crippen molar-refractivity contribution in [2.24, 2.45) is 0 Å². The molecule has 4 heteroatoms. The van der Waals surface area contributed by atoms with Gasteiger partial charge in [-0.25, -0.2) is 0 Å². The SMILES string of the molecule is FCCCc1c(Cl)ccc(Cl)c1Cl. The van der Waals surface area contributed by atoms with Gasteiger partial charge < -0.3 is 0 Å². The molecule has 1 aromatic carbocycles. The van der Waals surface area contributed by atoms with Crippen LogP contribution in [-0.4, -0.2) is 6.67 Å². The number of benzene rings is 1. The molecule has 0 unspecified atom stereocenters. The van der Waals surface area contributed by atoms with Crippen LogP contribution in [0.2, 0.25) is 15.1 Å². The van der Waals surface area contributed by atoms with E-state index in [-0.39, 0.29) is 6.67 Å². The van der Waals surface area contributed by atoms with Crippen molar-refractivity contribution in [2.75, 3.05) is 6.67 Å². The molecule has 0 aliphatic heterocycles. The third-order valence-electron chi connectivity index (χ3n) is 1.70. The van der Waals surface area contributed by atoms with E-state index in [2.05, 4.69) is 0 Å². The van der Waals surface area contributed by atoms with Gasteiger partial charge in [-0.2, -0.15) is 0 Å². The Bertz CT molecular complexity index is 299. The average molecular weight is 242 g/mol. The van der Waals surface area contributed by atoms with Crippen molar-refractivity contribution in [3.63, 3.8) is 0 Å². The Balaban J connectivity index is 2.96. The van der Waals surface area contributed by atoms with Crippen molar-refractivity contribution >= 4 is 34.8 Å². The number of rotatable bonds is 3. The van der Waals surface area contributed by atoms with Crippen molar-refractivity contribution < 1.29 is 4.39 Å². The van der Waals surface area contributed by atoms with Gasteiger partial charge in [-0.3, -0.25) is 4.39 Å². The first-order valence-electron chi connectivity index (χ1n) is 3.85. The zero-order valence-electron chi connectivity index (χ0n) is 6.79. The Morgan fingerprint density at radius 1 is 1.08 bits per heavy atom. The Hall–Kier alpha value is 0.0200. The van der Waals surface area contributed by atoms with Crippen LogP contribution in [-0.2, 0) is 6.42 Å². The molecule has 0 fully saturated rings. The van der Waals surface area contributed by atoms with Crippen molar-refractivity contribution in [3.8, 4) is 0 Å². The van der Waals surface area contributed by atoms with Crippen LogP contribution >= 0.6 is 34.8 Å². The summed E-state index contributed by atoms with van der Waals surface area (Å²) in [6.07, 6.45) is 0.939. The Morgan fingerprint density at radius 3 is 2.31 bits per heavy atom. The summed E-state index contributed by atoms with van der Waals surface area (Å²) < 4.78 is 11.9. The van der Waals surface area contributed by atoms with E-state index in [0.29, 0.717) is 27.9 Å². The van der Waals surface area contributed by atoms with E-state index >= 15 is 0 Å². The highest BCUT2D eigenvalue weighted by molar-refractivity contribution is 6.44. The molecule has 0 aliphatic rings. The molecule has 0 saturated carbocycles. The fraction of sp³-hybridized carbons (Fsp3) is 0.333. The van der Waals surface area contributed by atoms with Gasteiger partial charge in [-0.05, 0) is 30.5 Å². The summed E-state index contributed by atoms with van der Waals surface area (Å²) in [5.74, 6) is 0. The maximum Gasteiger partial charge on any atom is 0.0897 e. The molecule has 1 rings (SSSR count). The monoisotopic (exact) mass is 240 g/mol. The van der Waals surface area contributed by atoms with Crippen molar-refractivity contribution in [1.82, 2.24) is 0 Å². The van der Waals surface area contributed by atoms with E-state index in [1.54, 1.807) is 12.1 Å². The molecule has 72 valence electrons. The Morgan fingerprint density at radius 2 is 1.69 bits per heavy atom.